The van der Waals surface area contributed by atoms with Crippen molar-refractivity contribution >= 4 is 0 Å². The van der Waals surface area contributed by atoms with Gasteiger partial charge in [-0.2, -0.15) is 0 Å². The molecule has 0 saturated carbocycles. The fourth-order valence-electron chi connectivity index (χ4n) is 4.00. The van der Waals surface area contributed by atoms with Crippen molar-refractivity contribution in [3.05, 3.63) is 35.4 Å². The van der Waals surface area contributed by atoms with Crippen molar-refractivity contribution in [1.29, 1.82) is 0 Å². The predicted molar refractivity (Wildman–Crippen MR) is 83.9 cm³/mol. The first-order valence-electron chi connectivity index (χ1n) is 7.79. The third kappa shape index (κ3) is 2.50. The van der Waals surface area contributed by atoms with E-state index in [9.17, 15) is 0 Å². The van der Waals surface area contributed by atoms with Crippen LogP contribution >= 0.6 is 0 Å². The highest BCUT2D eigenvalue weighted by atomic mass is 15.2. The van der Waals surface area contributed by atoms with Gasteiger partial charge < -0.3 is 10.6 Å². The van der Waals surface area contributed by atoms with Crippen molar-refractivity contribution in [3.8, 4) is 0 Å². The van der Waals surface area contributed by atoms with Gasteiger partial charge in [0.05, 0.1) is 0 Å². The third-order valence-corrected chi connectivity index (χ3v) is 5.37. The van der Waals surface area contributed by atoms with Crippen molar-refractivity contribution < 1.29 is 0 Å². The molecule has 3 heteroatoms. The maximum absolute atomic E-state index is 6.20. The Bertz CT molecular complexity index is 446. The van der Waals surface area contributed by atoms with Gasteiger partial charge in [-0.25, -0.2) is 0 Å². The number of nitrogens with two attached hydrogens (primary N) is 1. The minimum atomic E-state index is 0.144. The average molecular weight is 273 g/mol. The van der Waals surface area contributed by atoms with E-state index in [0.29, 0.717) is 0 Å². The highest BCUT2D eigenvalue weighted by molar-refractivity contribution is 5.36. The largest absolute Gasteiger partial charge is 0.329 e. The van der Waals surface area contributed by atoms with Crippen molar-refractivity contribution in [3.63, 3.8) is 0 Å². The monoisotopic (exact) mass is 273 g/mol. The molecule has 0 bridgehead atoms. The molecule has 1 atom stereocenters. The minimum Gasteiger partial charge on any atom is -0.329 e. The summed E-state index contributed by atoms with van der Waals surface area (Å²) < 4.78 is 0. The first-order valence-corrected chi connectivity index (χ1v) is 7.79. The van der Waals surface area contributed by atoms with Gasteiger partial charge in [0.15, 0.2) is 0 Å². The second-order valence-electron chi connectivity index (χ2n) is 6.85. The topological polar surface area (TPSA) is 32.5 Å². The van der Waals surface area contributed by atoms with Crippen molar-refractivity contribution in [2.75, 3.05) is 40.3 Å². The van der Waals surface area contributed by atoms with Gasteiger partial charge in [0.25, 0.3) is 0 Å². The summed E-state index contributed by atoms with van der Waals surface area (Å²) in [5.41, 5.74) is 9.33. The molecular formula is C17H27N3. The number of rotatable bonds is 4. The van der Waals surface area contributed by atoms with E-state index in [2.05, 4.69) is 48.2 Å². The van der Waals surface area contributed by atoms with Gasteiger partial charge in [-0.05, 0) is 56.9 Å². The molecule has 1 aromatic carbocycles. The van der Waals surface area contributed by atoms with Crippen LogP contribution in [0.15, 0.2) is 24.3 Å². The van der Waals surface area contributed by atoms with Gasteiger partial charge in [0.2, 0.25) is 0 Å². The van der Waals surface area contributed by atoms with Crippen molar-refractivity contribution in [2.24, 2.45) is 11.7 Å². The Morgan fingerprint density at radius 3 is 2.45 bits per heavy atom. The molecule has 110 valence electrons. The number of benzene rings is 1. The molecular weight excluding hydrogens is 246 g/mol. The van der Waals surface area contributed by atoms with Crippen molar-refractivity contribution in [2.45, 2.75) is 24.8 Å². The van der Waals surface area contributed by atoms with E-state index < -0.39 is 0 Å². The zero-order valence-corrected chi connectivity index (χ0v) is 12.8. The Balaban J connectivity index is 1.71. The smallest absolute Gasteiger partial charge is 0.0409 e. The molecule has 2 N–H and O–H groups in total. The second kappa shape index (κ2) is 5.47. The second-order valence-corrected chi connectivity index (χ2v) is 6.85. The van der Waals surface area contributed by atoms with E-state index in [1.807, 2.05) is 0 Å². The van der Waals surface area contributed by atoms with Gasteiger partial charge in [-0.1, -0.05) is 24.3 Å². The van der Waals surface area contributed by atoms with Gasteiger partial charge >= 0.3 is 0 Å². The van der Waals surface area contributed by atoms with Gasteiger partial charge in [-0.15, -0.1) is 0 Å². The first kappa shape index (κ1) is 14.1. The maximum atomic E-state index is 6.20. The molecule has 0 spiro atoms. The fraction of sp³-hybridized carbons (Fsp3) is 0.647. The summed E-state index contributed by atoms with van der Waals surface area (Å²) >= 11 is 0. The third-order valence-electron chi connectivity index (χ3n) is 5.37. The van der Waals surface area contributed by atoms with Crippen LogP contribution < -0.4 is 5.73 Å². The lowest BCUT2D eigenvalue weighted by Gasteiger charge is -2.39. The lowest BCUT2D eigenvalue weighted by Crippen LogP contribution is -2.54. The summed E-state index contributed by atoms with van der Waals surface area (Å²) in [4.78, 5) is 4.99. The number of hydrogen-bond donors (Lipinski definition) is 1. The Labute approximate surface area is 122 Å². The molecule has 3 nitrogen and oxygen atoms in total. The van der Waals surface area contributed by atoms with E-state index in [-0.39, 0.29) is 5.54 Å². The van der Waals surface area contributed by atoms with Crippen LogP contribution in [-0.2, 0) is 12.8 Å². The number of nitrogens with zero attached hydrogens (tertiary/aromatic N) is 2. The Morgan fingerprint density at radius 2 is 1.95 bits per heavy atom. The summed E-state index contributed by atoms with van der Waals surface area (Å²) in [7, 11) is 4.50. The van der Waals surface area contributed by atoms with Crippen LogP contribution in [0.25, 0.3) is 0 Å². The van der Waals surface area contributed by atoms with Crippen LogP contribution in [-0.4, -0.2) is 55.6 Å². The summed E-state index contributed by atoms with van der Waals surface area (Å²) in [6, 6.07) is 8.84. The summed E-state index contributed by atoms with van der Waals surface area (Å²) in [6.07, 6.45) is 3.55. The standard InChI is InChI=1S/C17H27N3/c1-19-8-7-14(11-19)12-20(2)17(13-18)9-15-5-3-4-6-16(15)10-17/h3-6,14H,7-13,18H2,1-2H3. The zero-order valence-electron chi connectivity index (χ0n) is 12.8. The summed E-state index contributed by atoms with van der Waals surface area (Å²) in [6.45, 7) is 4.41. The van der Waals surface area contributed by atoms with E-state index >= 15 is 0 Å². The molecule has 2 aliphatic rings. The normalized spacial score (nSPS) is 25.3. The lowest BCUT2D eigenvalue weighted by atomic mass is 9.92. The summed E-state index contributed by atoms with van der Waals surface area (Å²) in [5, 5.41) is 0. The molecule has 1 aliphatic heterocycles. The zero-order chi connectivity index (χ0) is 14.2. The molecule has 0 amide bonds. The van der Waals surface area contributed by atoms with Crippen LogP contribution in [0.2, 0.25) is 0 Å². The van der Waals surface area contributed by atoms with Crippen LogP contribution in [0.3, 0.4) is 0 Å². The van der Waals surface area contributed by atoms with Crippen LogP contribution in [0.1, 0.15) is 17.5 Å². The molecule has 1 saturated heterocycles. The molecule has 0 radical (unpaired) electrons. The average Bonchev–Trinajstić information content (AvgIpc) is 3.02. The molecule has 1 unspecified atom stereocenters. The van der Waals surface area contributed by atoms with E-state index in [1.165, 1.54) is 37.2 Å². The number of hydrogen-bond acceptors (Lipinski definition) is 3. The molecule has 0 aromatic heterocycles. The van der Waals surface area contributed by atoms with Crippen LogP contribution in [0.4, 0.5) is 0 Å². The quantitative estimate of drug-likeness (QED) is 0.899. The molecule has 1 fully saturated rings. The molecule has 20 heavy (non-hydrogen) atoms. The molecule has 1 aromatic rings. The highest BCUT2D eigenvalue weighted by Gasteiger charge is 2.40. The highest BCUT2D eigenvalue weighted by Crippen LogP contribution is 2.34. The van der Waals surface area contributed by atoms with Crippen molar-refractivity contribution in [1.82, 2.24) is 9.80 Å². The Hall–Kier alpha value is -0.900. The van der Waals surface area contributed by atoms with E-state index in [4.69, 9.17) is 5.73 Å². The maximum Gasteiger partial charge on any atom is 0.0409 e. The van der Waals surface area contributed by atoms with Gasteiger partial charge in [-0.3, -0.25) is 4.90 Å². The molecule has 1 heterocycles. The summed E-state index contributed by atoms with van der Waals surface area (Å²) in [5.74, 6) is 0.803. The van der Waals surface area contributed by atoms with Gasteiger partial charge in [0, 0.05) is 25.2 Å². The Morgan fingerprint density at radius 1 is 1.30 bits per heavy atom. The SMILES string of the molecule is CN1CCC(CN(C)C2(CN)Cc3ccccc3C2)C1. The van der Waals surface area contributed by atoms with Gasteiger partial charge in [0.1, 0.15) is 0 Å². The first-order chi connectivity index (χ1) is 9.63. The predicted octanol–water partition coefficient (Wildman–Crippen LogP) is 1.37. The number of fused-ring (bicyclic) bond motifs is 1. The minimum absolute atomic E-state index is 0.144. The van der Waals surface area contributed by atoms with Crippen LogP contribution in [0, 0.1) is 5.92 Å². The number of likely N-dealkylation sites (tertiary alicyclic amines) is 1. The van der Waals surface area contributed by atoms with E-state index in [1.54, 1.807) is 0 Å². The van der Waals surface area contributed by atoms with E-state index in [0.717, 1.165) is 25.3 Å². The molecule has 1 aliphatic carbocycles. The number of likely N-dealkylation sites (N-methyl/N-ethyl adjacent to an activating group) is 1. The Kier molecular flexibility index (Phi) is 3.85. The lowest BCUT2D eigenvalue weighted by molar-refractivity contribution is 0.115. The fourth-order valence-corrected chi connectivity index (χ4v) is 4.00. The molecule has 3 rings (SSSR count). The van der Waals surface area contributed by atoms with Crippen LogP contribution in [0.5, 0.6) is 0 Å².